The summed E-state index contributed by atoms with van der Waals surface area (Å²) in [6.45, 7) is 2.92. The van der Waals surface area contributed by atoms with Crippen molar-refractivity contribution < 1.29 is 17.9 Å². The monoisotopic (exact) mass is 400 g/mol. The number of nitrogens with zero attached hydrogens (tertiary/aromatic N) is 2. The molecular weight excluding hydrogens is 376 g/mol. The zero-order valence-electron chi connectivity index (χ0n) is 15.8. The second-order valence-electron chi connectivity index (χ2n) is 7.29. The van der Waals surface area contributed by atoms with Crippen molar-refractivity contribution >= 4 is 15.9 Å². The smallest absolute Gasteiger partial charge is 0.247 e. The maximum Gasteiger partial charge on any atom is 0.247 e. The lowest BCUT2D eigenvalue weighted by atomic mass is 10.1. The Bertz CT molecular complexity index is 961. The van der Waals surface area contributed by atoms with Crippen LogP contribution in [-0.2, 0) is 21.4 Å². The average molecular weight is 401 g/mol. The third-order valence-corrected chi connectivity index (χ3v) is 7.43. The van der Waals surface area contributed by atoms with Gasteiger partial charge in [0.1, 0.15) is 16.7 Å². The fraction of sp³-hybridized carbons (Fsp3) is 0.381. The zero-order valence-corrected chi connectivity index (χ0v) is 16.6. The zero-order chi connectivity index (χ0) is 19.7. The molecule has 6 nitrogen and oxygen atoms in total. The first-order valence-electron chi connectivity index (χ1n) is 9.54. The maximum atomic E-state index is 13.6. The first-order chi connectivity index (χ1) is 13.5. The first-order valence-corrected chi connectivity index (χ1v) is 11.0. The van der Waals surface area contributed by atoms with Crippen molar-refractivity contribution in [2.75, 3.05) is 13.1 Å². The van der Waals surface area contributed by atoms with Gasteiger partial charge in [-0.05, 0) is 24.1 Å². The molecule has 1 saturated heterocycles. The van der Waals surface area contributed by atoms with E-state index in [1.165, 1.54) is 0 Å². The number of fused-ring (bicyclic) bond motifs is 2. The van der Waals surface area contributed by atoms with Crippen LogP contribution in [0.1, 0.15) is 25.3 Å². The molecule has 2 aromatic rings. The first kappa shape index (κ1) is 19.0. The highest BCUT2D eigenvalue weighted by Crippen LogP contribution is 2.37. The van der Waals surface area contributed by atoms with Gasteiger partial charge in [-0.2, -0.15) is 4.31 Å². The van der Waals surface area contributed by atoms with Crippen molar-refractivity contribution in [2.24, 2.45) is 0 Å². The van der Waals surface area contributed by atoms with Crippen LogP contribution in [0.5, 0.6) is 5.75 Å². The van der Waals surface area contributed by atoms with Gasteiger partial charge in [0.15, 0.2) is 0 Å². The van der Waals surface area contributed by atoms with Gasteiger partial charge < -0.3 is 9.64 Å². The van der Waals surface area contributed by atoms with Crippen LogP contribution >= 0.6 is 0 Å². The molecule has 28 heavy (non-hydrogen) atoms. The lowest BCUT2D eigenvalue weighted by Gasteiger charge is -2.31. The van der Waals surface area contributed by atoms with E-state index in [4.69, 9.17) is 4.74 Å². The minimum Gasteiger partial charge on any atom is -0.487 e. The number of hydrogen-bond donors (Lipinski definition) is 0. The van der Waals surface area contributed by atoms with Crippen LogP contribution in [0.4, 0.5) is 0 Å². The number of ether oxygens (including phenoxy) is 1. The van der Waals surface area contributed by atoms with Gasteiger partial charge in [0, 0.05) is 33.0 Å². The van der Waals surface area contributed by atoms with E-state index in [-0.39, 0.29) is 29.5 Å². The molecular formula is C21H24N2O4S. The molecule has 0 aromatic heterocycles. The van der Waals surface area contributed by atoms with Crippen molar-refractivity contribution in [1.82, 2.24) is 9.21 Å². The van der Waals surface area contributed by atoms with Crippen molar-refractivity contribution in [2.45, 2.75) is 43.4 Å². The summed E-state index contributed by atoms with van der Waals surface area (Å²) in [6, 6.07) is 16.1. The van der Waals surface area contributed by atoms with E-state index in [0.29, 0.717) is 31.7 Å². The molecule has 0 aliphatic carbocycles. The van der Waals surface area contributed by atoms with Gasteiger partial charge in [-0.1, -0.05) is 42.5 Å². The molecule has 1 fully saturated rings. The second-order valence-corrected chi connectivity index (χ2v) is 9.15. The number of para-hydroxylation sites is 1. The molecule has 2 aliphatic rings. The third kappa shape index (κ3) is 3.52. The van der Waals surface area contributed by atoms with Gasteiger partial charge in [-0.3, -0.25) is 4.79 Å². The molecule has 0 N–H and O–H groups in total. The molecule has 0 radical (unpaired) electrons. The van der Waals surface area contributed by atoms with Crippen LogP contribution in [0.2, 0.25) is 0 Å². The molecule has 2 atom stereocenters. The summed E-state index contributed by atoms with van der Waals surface area (Å²) in [5.74, 6) is 0.402. The van der Waals surface area contributed by atoms with E-state index in [0.717, 1.165) is 5.56 Å². The molecule has 0 bridgehead atoms. The van der Waals surface area contributed by atoms with Crippen molar-refractivity contribution in [3.05, 3.63) is 60.2 Å². The summed E-state index contributed by atoms with van der Waals surface area (Å²) in [6.07, 6.45) is 0.843. The van der Waals surface area contributed by atoms with E-state index in [1.54, 1.807) is 40.4 Å². The van der Waals surface area contributed by atoms with Crippen LogP contribution in [0.15, 0.2) is 59.5 Å². The Balaban J connectivity index is 1.78. The number of amides is 1. The highest BCUT2D eigenvalue weighted by Gasteiger charge is 2.43. The van der Waals surface area contributed by atoms with Crippen LogP contribution in [-0.4, -0.2) is 48.8 Å². The van der Waals surface area contributed by atoms with Crippen LogP contribution in [0.3, 0.4) is 0 Å². The molecule has 2 aromatic carbocycles. The topological polar surface area (TPSA) is 66.9 Å². The molecule has 0 unspecified atom stereocenters. The van der Waals surface area contributed by atoms with E-state index >= 15 is 0 Å². The molecule has 1 amide bonds. The lowest BCUT2D eigenvalue weighted by molar-refractivity contribution is -0.128. The largest absolute Gasteiger partial charge is 0.487 e. The number of likely N-dealkylation sites (tertiary alicyclic amines) is 1. The Hall–Kier alpha value is -2.38. The predicted molar refractivity (Wildman–Crippen MR) is 105 cm³/mol. The van der Waals surface area contributed by atoms with Crippen LogP contribution < -0.4 is 4.74 Å². The Kier molecular flexibility index (Phi) is 5.12. The van der Waals surface area contributed by atoms with Gasteiger partial charge in [-0.15, -0.1) is 0 Å². The van der Waals surface area contributed by atoms with E-state index in [2.05, 4.69) is 0 Å². The Morgan fingerprint density at radius 3 is 2.46 bits per heavy atom. The lowest BCUT2D eigenvalue weighted by Crippen LogP contribution is -2.46. The summed E-state index contributed by atoms with van der Waals surface area (Å²) < 4.78 is 34.9. The van der Waals surface area contributed by atoms with Crippen molar-refractivity contribution in [3.63, 3.8) is 0 Å². The number of carbonyl (C=O) groups is 1. The number of carbonyl (C=O) groups excluding carboxylic acids is 1. The summed E-state index contributed by atoms with van der Waals surface area (Å²) in [7, 11) is -3.74. The number of benzene rings is 2. The maximum absolute atomic E-state index is 13.6. The van der Waals surface area contributed by atoms with Gasteiger partial charge in [0.25, 0.3) is 0 Å². The average Bonchev–Trinajstić information content (AvgIpc) is 2.93. The second kappa shape index (κ2) is 7.56. The van der Waals surface area contributed by atoms with Gasteiger partial charge in [-0.25, -0.2) is 8.42 Å². The van der Waals surface area contributed by atoms with Gasteiger partial charge >= 0.3 is 0 Å². The quantitative estimate of drug-likeness (QED) is 0.777. The molecule has 0 spiro atoms. The molecule has 7 heteroatoms. The molecule has 148 valence electrons. The highest BCUT2D eigenvalue weighted by atomic mass is 32.2. The Labute approximate surface area is 165 Å². The van der Waals surface area contributed by atoms with Crippen molar-refractivity contribution in [1.29, 1.82) is 0 Å². The van der Waals surface area contributed by atoms with E-state index < -0.39 is 10.0 Å². The predicted octanol–water partition coefficient (Wildman–Crippen LogP) is 2.65. The van der Waals surface area contributed by atoms with E-state index in [9.17, 15) is 13.2 Å². The minimum absolute atomic E-state index is 0.00864. The summed E-state index contributed by atoms with van der Waals surface area (Å²) in [5.41, 5.74) is 0.928. The van der Waals surface area contributed by atoms with Crippen LogP contribution in [0.25, 0.3) is 0 Å². The number of hydrogen-bond acceptors (Lipinski definition) is 4. The highest BCUT2D eigenvalue weighted by molar-refractivity contribution is 7.89. The Morgan fingerprint density at radius 2 is 1.71 bits per heavy atom. The van der Waals surface area contributed by atoms with Crippen LogP contribution in [0, 0.1) is 0 Å². The SMILES string of the molecule is CC(=O)N1CC[C@@H]2[C@@H](CC1)Oc1ccccc1S(=O)(=O)N2Cc1ccccc1. The van der Waals surface area contributed by atoms with E-state index in [1.807, 2.05) is 30.3 Å². The third-order valence-electron chi connectivity index (χ3n) is 5.52. The fourth-order valence-corrected chi connectivity index (χ4v) is 5.83. The number of rotatable bonds is 2. The number of sulfonamides is 1. The summed E-state index contributed by atoms with van der Waals surface area (Å²) in [4.78, 5) is 13.9. The van der Waals surface area contributed by atoms with Crippen molar-refractivity contribution in [3.8, 4) is 5.75 Å². The molecule has 2 aliphatic heterocycles. The molecule has 4 rings (SSSR count). The van der Waals surface area contributed by atoms with Gasteiger partial charge in [0.2, 0.25) is 15.9 Å². The summed E-state index contributed by atoms with van der Waals surface area (Å²) in [5, 5.41) is 0. The summed E-state index contributed by atoms with van der Waals surface area (Å²) >= 11 is 0. The van der Waals surface area contributed by atoms with Gasteiger partial charge in [0.05, 0.1) is 6.04 Å². The fourth-order valence-electron chi connectivity index (χ4n) is 4.04. The normalized spacial score (nSPS) is 24.2. The standard InChI is InChI=1S/C21H24N2O4S/c1-16(24)22-13-11-18-19(12-14-22)27-20-9-5-6-10-21(20)28(25,26)23(18)15-17-7-3-2-4-8-17/h2-10,18-19H,11-15H2,1H3/t18-,19-/m1/s1. The molecule has 0 saturated carbocycles. The minimum atomic E-state index is -3.74. The Morgan fingerprint density at radius 1 is 1.04 bits per heavy atom. The molecule has 2 heterocycles.